The van der Waals surface area contributed by atoms with Gasteiger partial charge in [-0.15, -0.1) is 0 Å². The Morgan fingerprint density at radius 2 is 1.00 bits per heavy atom. The van der Waals surface area contributed by atoms with Crippen LogP contribution in [-0.2, 0) is 39.0 Å². The summed E-state index contributed by atoms with van der Waals surface area (Å²) in [4.78, 5) is 0. The minimum atomic E-state index is 0. The number of benzene rings is 4. The van der Waals surface area contributed by atoms with E-state index in [9.17, 15) is 0 Å². The first-order chi connectivity index (χ1) is 14.9. The molecule has 4 aromatic carbocycles. The van der Waals surface area contributed by atoms with Crippen molar-refractivity contribution in [1.82, 2.24) is 0 Å². The summed E-state index contributed by atoms with van der Waals surface area (Å²) in [7, 11) is 0. The van der Waals surface area contributed by atoms with Crippen molar-refractivity contribution < 1.29 is 26.2 Å². The molecular formula is C30H22Zr. The average molecular weight is 474 g/mol. The molecule has 0 heterocycles. The Labute approximate surface area is 203 Å². The molecule has 0 unspecified atom stereocenters. The monoisotopic (exact) mass is 472 g/mol. The minimum Gasteiger partial charge on any atom is -0.0622 e. The molecule has 0 fully saturated rings. The van der Waals surface area contributed by atoms with Crippen LogP contribution in [0.25, 0.3) is 34.4 Å². The largest absolute Gasteiger partial charge is 0.0622 e. The molecule has 0 N–H and O–H groups in total. The van der Waals surface area contributed by atoms with E-state index < -0.39 is 0 Å². The van der Waals surface area contributed by atoms with Crippen LogP contribution < -0.4 is 0 Å². The summed E-state index contributed by atoms with van der Waals surface area (Å²) in [6.07, 6.45) is 6.77. The molecule has 0 bridgehead atoms. The summed E-state index contributed by atoms with van der Waals surface area (Å²) in [6, 6.07) is 35.2. The van der Waals surface area contributed by atoms with Crippen molar-refractivity contribution in [1.29, 1.82) is 0 Å². The summed E-state index contributed by atoms with van der Waals surface area (Å²) >= 11 is 0. The van der Waals surface area contributed by atoms with Crippen molar-refractivity contribution >= 4 is 23.3 Å². The summed E-state index contributed by atoms with van der Waals surface area (Å²) in [5, 5.41) is 0. The molecule has 0 radical (unpaired) electrons. The van der Waals surface area contributed by atoms with Crippen molar-refractivity contribution in [3.8, 4) is 11.1 Å². The van der Waals surface area contributed by atoms with Crippen LogP contribution in [0.15, 0.2) is 97.1 Å². The quantitative estimate of drug-likeness (QED) is 0.288. The summed E-state index contributed by atoms with van der Waals surface area (Å²) < 4.78 is 0. The summed E-state index contributed by atoms with van der Waals surface area (Å²) in [5.74, 6) is 0. The SMILES string of the molecule is C1=C(c2cccc(-c3ccccc3)c2C2=Cc3ccccc3C2)Cc2ccccc21.[Zr]. The third-order valence-corrected chi connectivity index (χ3v) is 6.35. The molecular weight excluding hydrogens is 452 g/mol. The maximum Gasteiger partial charge on any atom is 0 e. The van der Waals surface area contributed by atoms with Crippen LogP contribution >= 0.6 is 0 Å². The molecule has 146 valence electrons. The van der Waals surface area contributed by atoms with Crippen LogP contribution in [-0.4, -0.2) is 0 Å². The van der Waals surface area contributed by atoms with Gasteiger partial charge in [0.05, 0.1) is 0 Å². The number of hydrogen-bond donors (Lipinski definition) is 0. The van der Waals surface area contributed by atoms with Gasteiger partial charge >= 0.3 is 0 Å². The van der Waals surface area contributed by atoms with Gasteiger partial charge in [-0.05, 0) is 68.5 Å². The van der Waals surface area contributed by atoms with Crippen molar-refractivity contribution in [2.45, 2.75) is 12.8 Å². The van der Waals surface area contributed by atoms with Crippen LogP contribution in [0.1, 0.15) is 33.4 Å². The molecule has 0 saturated heterocycles. The molecule has 0 saturated carbocycles. The van der Waals surface area contributed by atoms with Crippen LogP contribution in [0.4, 0.5) is 0 Å². The molecule has 2 aliphatic rings. The van der Waals surface area contributed by atoms with E-state index in [1.165, 1.54) is 55.7 Å². The van der Waals surface area contributed by atoms with E-state index in [-0.39, 0.29) is 26.2 Å². The second-order valence-electron chi connectivity index (χ2n) is 8.18. The Morgan fingerprint density at radius 3 is 1.68 bits per heavy atom. The third kappa shape index (κ3) is 3.62. The van der Waals surface area contributed by atoms with E-state index in [0.29, 0.717) is 0 Å². The topological polar surface area (TPSA) is 0 Å². The predicted molar refractivity (Wildman–Crippen MR) is 128 cm³/mol. The Morgan fingerprint density at radius 1 is 0.452 bits per heavy atom. The maximum atomic E-state index is 2.39. The maximum absolute atomic E-state index is 2.39. The van der Waals surface area contributed by atoms with Gasteiger partial charge < -0.3 is 0 Å². The third-order valence-electron chi connectivity index (χ3n) is 6.35. The predicted octanol–water partition coefficient (Wildman–Crippen LogP) is 7.54. The molecule has 0 aromatic heterocycles. The number of allylic oxidation sites excluding steroid dienone is 2. The standard InChI is InChI=1S/C30H22.Zr/c1-2-9-21(10-3-1)28-15-8-16-29(26-17-22-11-4-5-12-23(22)18-26)30(28)27-19-24-13-6-7-14-25(24)20-27;/h1-17,19H,18,20H2;. The van der Waals surface area contributed by atoms with E-state index in [1.54, 1.807) is 0 Å². The molecule has 2 aliphatic carbocycles. The van der Waals surface area contributed by atoms with Crippen LogP contribution in [0, 0.1) is 0 Å². The zero-order valence-electron chi connectivity index (χ0n) is 17.3. The molecule has 31 heavy (non-hydrogen) atoms. The van der Waals surface area contributed by atoms with Gasteiger partial charge in [0.1, 0.15) is 0 Å². The fraction of sp³-hybridized carbons (Fsp3) is 0.0667. The normalized spacial score (nSPS) is 13.7. The first-order valence-corrected chi connectivity index (χ1v) is 10.6. The van der Waals surface area contributed by atoms with Gasteiger partial charge in [0.2, 0.25) is 0 Å². The molecule has 6 rings (SSSR count). The van der Waals surface area contributed by atoms with Gasteiger partial charge in [0.15, 0.2) is 0 Å². The van der Waals surface area contributed by atoms with Crippen LogP contribution in [0.2, 0.25) is 0 Å². The Bertz CT molecular complexity index is 1330. The second-order valence-corrected chi connectivity index (χ2v) is 8.18. The molecule has 0 aliphatic heterocycles. The first-order valence-electron chi connectivity index (χ1n) is 10.6. The van der Waals surface area contributed by atoms with Crippen molar-refractivity contribution in [2.75, 3.05) is 0 Å². The summed E-state index contributed by atoms with van der Waals surface area (Å²) in [6.45, 7) is 0. The van der Waals surface area contributed by atoms with Gasteiger partial charge in [-0.2, -0.15) is 0 Å². The second kappa shape index (κ2) is 8.41. The van der Waals surface area contributed by atoms with Gasteiger partial charge in [-0.1, -0.05) is 109 Å². The van der Waals surface area contributed by atoms with Crippen molar-refractivity contribution in [3.05, 3.63) is 130 Å². The molecule has 1 heteroatoms. The Hall–Kier alpha value is -2.76. The van der Waals surface area contributed by atoms with Crippen LogP contribution in [0.3, 0.4) is 0 Å². The van der Waals surface area contributed by atoms with E-state index in [1.807, 2.05) is 0 Å². The molecule has 0 nitrogen and oxygen atoms in total. The van der Waals surface area contributed by atoms with E-state index in [4.69, 9.17) is 0 Å². The number of rotatable bonds is 3. The first kappa shape index (κ1) is 20.2. The van der Waals surface area contributed by atoms with Gasteiger partial charge in [-0.3, -0.25) is 0 Å². The molecule has 4 aromatic rings. The number of hydrogen-bond acceptors (Lipinski definition) is 0. The fourth-order valence-electron chi connectivity index (χ4n) is 4.92. The summed E-state index contributed by atoms with van der Waals surface area (Å²) in [5.41, 5.74) is 13.7. The number of fused-ring (bicyclic) bond motifs is 2. The smallest absolute Gasteiger partial charge is 0 e. The molecule has 0 spiro atoms. The average Bonchev–Trinajstić information content (AvgIpc) is 3.43. The zero-order chi connectivity index (χ0) is 19.9. The van der Waals surface area contributed by atoms with Gasteiger partial charge in [0, 0.05) is 26.2 Å². The molecule has 0 atom stereocenters. The fourth-order valence-corrected chi connectivity index (χ4v) is 4.92. The Balaban J connectivity index is 0.00000204. The van der Waals surface area contributed by atoms with Gasteiger partial charge in [-0.25, -0.2) is 0 Å². The van der Waals surface area contributed by atoms with E-state index in [2.05, 4.69) is 109 Å². The van der Waals surface area contributed by atoms with E-state index in [0.717, 1.165) is 12.8 Å². The van der Waals surface area contributed by atoms with Crippen molar-refractivity contribution in [3.63, 3.8) is 0 Å². The zero-order valence-corrected chi connectivity index (χ0v) is 19.8. The van der Waals surface area contributed by atoms with Gasteiger partial charge in [0.25, 0.3) is 0 Å². The van der Waals surface area contributed by atoms with Crippen LogP contribution in [0.5, 0.6) is 0 Å². The van der Waals surface area contributed by atoms with E-state index >= 15 is 0 Å². The minimum absolute atomic E-state index is 0. The van der Waals surface area contributed by atoms with Crippen molar-refractivity contribution in [2.24, 2.45) is 0 Å². The Kier molecular flexibility index (Phi) is 5.47. The molecule has 0 amide bonds.